The highest BCUT2D eigenvalue weighted by molar-refractivity contribution is 5.91. The molecule has 23 heavy (non-hydrogen) atoms. The zero-order valence-corrected chi connectivity index (χ0v) is 13.0. The van der Waals surface area contributed by atoms with Crippen molar-refractivity contribution in [3.8, 4) is 0 Å². The molecule has 0 saturated heterocycles. The number of hydrogen-bond donors (Lipinski definition) is 2. The van der Waals surface area contributed by atoms with Gasteiger partial charge in [-0.05, 0) is 34.8 Å². The quantitative estimate of drug-likeness (QED) is 0.394. The topological polar surface area (TPSA) is 58.4 Å². The van der Waals surface area contributed by atoms with Gasteiger partial charge in [-0.15, -0.1) is 0 Å². The Bertz CT molecular complexity index is 707. The van der Waals surface area contributed by atoms with Crippen molar-refractivity contribution in [2.75, 3.05) is 6.54 Å². The zero-order valence-electron chi connectivity index (χ0n) is 13.0. The minimum absolute atomic E-state index is 0.305. The summed E-state index contributed by atoms with van der Waals surface area (Å²) in [7, 11) is 0. The van der Waals surface area contributed by atoms with Crippen LogP contribution in [-0.4, -0.2) is 17.4 Å². The highest BCUT2D eigenvalue weighted by atomic mass is 16.2. The van der Waals surface area contributed by atoms with Crippen LogP contribution in [0.5, 0.6) is 0 Å². The molecule has 0 radical (unpaired) electrons. The molecule has 1 heterocycles. The monoisotopic (exact) mass is 307 g/mol. The highest BCUT2D eigenvalue weighted by Gasteiger charge is 2.15. The van der Waals surface area contributed by atoms with Gasteiger partial charge in [-0.3, -0.25) is 15.1 Å². The lowest BCUT2D eigenvalue weighted by molar-refractivity contribution is -0.116. The van der Waals surface area contributed by atoms with Crippen molar-refractivity contribution in [3.05, 3.63) is 76.9 Å². The van der Waals surface area contributed by atoms with Gasteiger partial charge in [0.15, 0.2) is 0 Å². The van der Waals surface area contributed by atoms with Crippen LogP contribution in [0.25, 0.3) is 6.08 Å². The van der Waals surface area contributed by atoms with Gasteiger partial charge in [0.05, 0.1) is 0 Å². The molecule has 3 N–H and O–H groups in total. The first kappa shape index (κ1) is 15.5. The summed E-state index contributed by atoms with van der Waals surface area (Å²) in [4.78, 5) is 13.6. The molecule has 2 aromatic rings. The Morgan fingerprint density at radius 1 is 1.13 bits per heavy atom. The number of rotatable bonds is 4. The Labute approximate surface area is 136 Å². The number of amides is 1. The average molecular weight is 307 g/mol. The van der Waals surface area contributed by atoms with Gasteiger partial charge >= 0.3 is 0 Å². The predicted molar refractivity (Wildman–Crippen MR) is 92.1 cm³/mol. The summed E-state index contributed by atoms with van der Waals surface area (Å²) >= 11 is 0. The van der Waals surface area contributed by atoms with Crippen LogP contribution in [0.4, 0.5) is 0 Å². The van der Waals surface area contributed by atoms with Crippen LogP contribution < -0.4 is 11.3 Å². The molecule has 0 aliphatic carbocycles. The lowest BCUT2D eigenvalue weighted by Crippen LogP contribution is -2.29. The molecule has 4 heteroatoms. The summed E-state index contributed by atoms with van der Waals surface area (Å²) in [5.74, 6) is 4.74. The molecule has 118 valence electrons. The summed E-state index contributed by atoms with van der Waals surface area (Å²) < 4.78 is 0. The van der Waals surface area contributed by atoms with Gasteiger partial charge in [-0.25, -0.2) is 5.84 Å². The lowest BCUT2D eigenvalue weighted by Gasteiger charge is -2.28. The van der Waals surface area contributed by atoms with Gasteiger partial charge in [-0.2, -0.15) is 0 Å². The summed E-state index contributed by atoms with van der Waals surface area (Å²) in [6, 6.07) is 16.9. The van der Waals surface area contributed by atoms with E-state index in [4.69, 9.17) is 5.84 Å². The van der Waals surface area contributed by atoms with Gasteiger partial charge in [0, 0.05) is 25.7 Å². The van der Waals surface area contributed by atoms with Gasteiger partial charge in [0.1, 0.15) is 0 Å². The minimum atomic E-state index is -0.305. The molecule has 0 fully saturated rings. The summed E-state index contributed by atoms with van der Waals surface area (Å²) in [6.07, 6.45) is 4.30. The van der Waals surface area contributed by atoms with Crippen molar-refractivity contribution < 1.29 is 4.79 Å². The van der Waals surface area contributed by atoms with Crippen LogP contribution in [0, 0.1) is 0 Å². The van der Waals surface area contributed by atoms with E-state index in [-0.39, 0.29) is 5.91 Å². The molecule has 4 nitrogen and oxygen atoms in total. The SMILES string of the molecule is NNC(=O)/C=C/c1ccc(CN2CCc3ccccc3C2)cc1. The van der Waals surface area contributed by atoms with E-state index in [0.29, 0.717) is 0 Å². The second-order valence-electron chi connectivity index (χ2n) is 5.81. The fourth-order valence-corrected chi connectivity index (χ4v) is 2.90. The Hall–Kier alpha value is -2.43. The molecule has 0 atom stereocenters. The first-order chi connectivity index (χ1) is 11.2. The Morgan fingerprint density at radius 2 is 1.87 bits per heavy atom. The third-order valence-corrected chi connectivity index (χ3v) is 4.17. The Kier molecular flexibility index (Phi) is 4.86. The van der Waals surface area contributed by atoms with Gasteiger partial charge in [0.2, 0.25) is 0 Å². The molecule has 0 spiro atoms. The molecule has 0 aromatic heterocycles. The molecule has 0 bridgehead atoms. The molecule has 1 amide bonds. The predicted octanol–water partition coefficient (Wildman–Crippen LogP) is 2.25. The van der Waals surface area contributed by atoms with E-state index in [2.05, 4.69) is 46.7 Å². The van der Waals surface area contributed by atoms with E-state index in [9.17, 15) is 4.79 Å². The number of benzene rings is 2. The van der Waals surface area contributed by atoms with Gasteiger partial charge in [0.25, 0.3) is 5.91 Å². The molecular formula is C19H21N3O. The van der Waals surface area contributed by atoms with E-state index in [1.807, 2.05) is 12.1 Å². The molecule has 0 unspecified atom stereocenters. The van der Waals surface area contributed by atoms with Gasteiger partial charge in [-0.1, -0.05) is 48.5 Å². The van der Waals surface area contributed by atoms with Crippen LogP contribution >= 0.6 is 0 Å². The second-order valence-corrected chi connectivity index (χ2v) is 5.81. The number of carbonyl (C=O) groups excluding carboxylic acids is 1. The zero-order chi connectivity index (χ0) is 16.1. The fourth-order valence-electron chi connectivity index (χ4n) is 2.90. The number of nitrogens with one attached hydrogen (secondary N) is 1. The van der Waals surface area contributed by atoms with Crippen molar-refractivity contribution in [1.29, 1.82) is 0 Å². The van der Waals surface area contributed by atoms with E-state index in [0.717, 1.165) is 31.6 Å². The molecule has 1 aliphatic heterocycles. The number of hydrogen-bond acceptors (Lipinski definition) is 3. The second kappa shape index (κ2) is 7.22. The van der Waals surface area contributed by atoms with Crippen LogP contribution in [0.2, 0.25) is 0 Å². The number of fused-ring (bicyclic) bond motifs is 1. The molecule has 3 rings (SSSR count). The first-order valence-corrected chi connectivity index (χ1v) is 7.81. The molecule has 0 saturated carbocycles. The fraction of sp³-hybridized carbons (Fsp3) is 0.211. The normalized spacial score (nSPS) is 14.7. The summed E-state index contributed by atoms with van der Waals surface area (Å²) in [5, 5.41) is 0. The van der Waals surface area contributed by atoms with E-state index >= 15 is 0 Å². The third kappa shape index (κ3) is 4.06. The van der Waals surface area contributed by atoms with Crippen molar-refractivity contribution in [1.82, 2.24) is 10.3 Å². The maximum Gasteiger partial charge on any atom is 0.257 e. The molecular weight excluding hydrogens is 286 g/mol. The van der Waals surface area contributed by atoms with Crippen LogP contribution in [-0.2, 0) is 24.3 Å². The van der Waals surface area contributed by atoms with Crippen LogP contribution in [0.3, 0.4) is 0 Å². The maximum absolute atomic E-state index is 11.1. The molecule has 2 aromatic carbocycles. The van der Waals surface area contributed by atoms with Crippen molar-refractivity contribution in [3.63, 3.8) is 0 Å². The van der Waals surface area contributed by atoms with E-state index < -0.39 is 0 Å². The van der Waals surface area contributed by atoms with Crippen molar-refractivity contribution in [2.24, 2.45) is 5.84 Å². The third-order valence-electron chi connectivity index (χ3n) is 4.17. The van der Waals surface area contributed by atoms with E-state index in [1.54, 1.807) is 6.08 Å². The van der Waals surface area contributed by atoms with Crippen molar-refractivity contribution >= 4 is 12.0 Å². The standard InChI is InChI=1S/C19H21N3O/c20-21-19(23)10-9-15-5-7-16(8-6-15)13-22-12-11-17-3-1-2-4-18(17)14-22/h1-10H,11-14,20H2,(H,21,23)/b10-9+. The minimum Gasteiger partial charge on any atom is -0.294 e. The Balaban J connectivity index is 1.61. The van der Waals surface area contributed by atoms with E-state index in [1.165, 1.54) is 22.8 Å². The molecule has 1 aliphatic rings. The van der Waals surface area contributed by atoms with Crippen LogP contribution in [0.15, 0.2) is 54.6 Å². The summed E-state index contributed by atoms with van der Waals surface area (Å²) in [5.41, 5.74) is 7.26. The van der Waals surface area contributed by atoms with Crippen LogP contribution in [0.1, 0.15) is 22.3 Å². The maximum atomic E-state index is 11.1. The first-order valence-electron chi connectivity index (χ1n) is 7.81. The summed E-state index contributed by atoms with van der Waals surface area (Å²) in [6.45, 7) is 3.05. The van der Waals surface area contributed by atoms with Gasteiger partial charge < -0.3 is 0 Å². The number of nitrogens with zero attached hydrogens (tertiary/aromatic N) is 1. The number of hydrazine groups is 1. The highest BCUT2D eigenvalue weighted by Crippen LogP contribution is 2.20. The smallest absolute Gasteiger partial charge is 0.257 e. The van der Waals surface area contributed by atoms with Crippen molar-refractivity contribution in [2.45, 2.75) is 19.5 Å². The lowest BCUT2D eigenvalue weighted by atomic mass is 9.99. The number of nitrogens with two attached hydrogens (primary N) is 1. The average Bonchev–Trinajstić information content (AvgIpc) is 2.60. The Morgan fingerprint density at radius 3 is 2.61 bits per heavy atom. The number of carbonyl (C=O) groups is 1. The largest absolute Gasteiger partial charge is 0.294 e.